The Morgan fingerprint density at radius 1 is 1.33 bits per heavy atom. The molecule has 1 aromatic carbocycles. The first-order chi connectivity index (χ1) is 8.63. The third kappa shape index (κ3) is 2.35. The van der Waals surface area contributed by atoms with Crippen molar-refractivity contribution in [2.75, 3.05) is 6.54 Å². The molecule has 0 atom stereocenters. The molecule has 0 aliphatic rings. The van der Waals surface area contributed by atoms with E-state index < -0.39 is 0 Å². The number of hydrogen-bond acceptors (Lipinski definition) is 2. The van der Waals surface area contributed by atoms with Gasteiger partial charge >= 0.3 is 0 Å². The van der Waals surface area contributed by atoms with E-state index >= 15 is 0 Å². The Kier molecular flexibility index (Phi) is 3.60. The Balaban J connectivity index is 2.38. The minimum Gasteiger partial charge on any atom is -0.336 e. The van der Waals surface area contributed by atoms with Gasteiger partial charge < -0.3 is 4.90 Å². The van der Waals surface area contributed by atoms with Crippen LogP contribution < -0.4 is 0 Å². The summed E-state index contributed by atoms with van der Waals surface area (Å²) in [5, 5.41) is 1.00. The van der Waals surface area contributed by atoms with E-state index in [0.717, 1.165) is 10.9 Å². The van der Waals surface area contributed by atoms with Crippen molar-refractivity contribution in [3.05, 3.63) is 42.1 Å². The van der Waals surface area contributed by atoms with E-state index in [2.05, 4.69) is 4.98 Å². The SMILES string of the molecule is CCN(C(=O)c1cnc2ccccc2c1)C(C)C. The van der Waals surface area contributed by atoms with Gasteiger partial charge in [0.05, 0.1) is 11.1 Å². The molecule has 0 unspecified atom stereocenters. The summed E-state index contributed by atoms with van der Waals surface area (Å²) in [6, 6.07) is 9.94. The molecule has 0 saturated heterocycles. The second-order valence-electron chi connectivity index (χ2n) is 4.60. The normalized spacial score (nSPS) is 10.9. The minimum absolute atomic E-state index is 0.0470. The molecular weight excluding hydrogens is 224 g/mol. The van der Waals surface area contributed by atoms with Crippen molar-refractivity contribution in [1.29, 1.82) is 0 Å². The highest BCUT2D eigenvalue weighted by molar-refractivity contribution is 5.97. The van der Waals surface area contributed by atoms with Gasteiger partial charge in [0.1, 0.15) is 0 Å². The van der Waals surface area contributed by atoms with E-state index in [4.69, 9.17) is 0 Å². The molecule has 1 heterocycles. The zero-order valence-corrected chi connectivity index (χ0v) is 11.1. The van der Waals surface area contributed by atoms with Crippen LogP contribution in [0, 0.1) is 0 Å². The molecule has 0 fully saturated rings. The molecule has 94 valence electrons. The van der Waals surface area contributed by atoms with Crippen molar-refractivity contribution in [2.24, 2.45) is 0 Å². The van der Waals surface area contributed by atoms with Crippen LogP contribution in [0.2, 0.25) is 0 Å². The number of carbonyl (C=O) groups is 1. The first kappa shape index (κ1) is 12.6. The smallest absolute Gasteiger partial charge is 0.255 e. The monoisotopic (exact) mass is 242 g/mol. The Morgan fingerprint density at radius 2 is 2.06 bits per heavy atom. The average molecular weight is 242 g/mol. The van der Waals surface area contributed by atoms with Crippen LogP contribution >= 0.6 is 0 Å². The highest BCUT2D eigenvalue weighted by Gasteiger charge is 2.17. The largest absolute Gasteiger partial charge is 0.336 e. The van der Waals surface area contributed by atoms with Crippen LogP contribution in [0.1, 0.15) is 31.1 Å². The number of carbonyl (C=O) groups excluding carboxylic acids is 1. The Morgan fingerprint density at radius 3 is 2.72 bits per heavy atom. The zero-order chi connectivity index (χ0) is 13.1. The van der Waals surface area contributed by atoms with Crippen molar-refractivity contribution in [3.63, 3.8) is 0 Å². The summed E-state index contributed by atoms with van der Waals surface area (Å²) >= 11 is 0. The summed E-state index contributed by atoms with van der Waals surface area (Å²) in [5.74, 6) is 0.0470. The molecule has 0 aliphatic heterocycles. The van der Waals surface area contributed by atoms with E-state index in [-0.39, 0.29) is 11.9 Å². The minimum atomic E-state index is 0.0470. The summed E-state index contributed by atoms with van der Waals surface area (Å²) in [4.78, 5) is 18.5. The predicted molar refractivity (Wildman–Crippen MR) is 73.6 cm³/mol. The molecule has 3 heteroatoms. The lowest BCUT2D eigenvalue weighted by atomic mass is 10.1. The number of benzene rings is 1. The Labute approximate surface area is 107 Å². The van der Waals surface area contributed by atoms with Gasteiger partial charge in [-0.3, -0.25) is 9.78 Å². The standard InChI is InChI=1S/C15H18N2O/c1-4-17(11(2)3)15(18)13-9-12-7-5-6-8-14(12)16-10-13/h5-11H,4H2,1-3H3. The summed E-state index contributed by atoms with van der Waals surface area (Å²) in [7, 11) is 0. The maximum Gasteiger partial charge on any atom is 0.255 e. The maximum absolute atomic E-state index is 12.3. The molecule has 0 bridgehead atoms. The lowest BCUT2D eigenvalue weighted by molar-refractivity contribution is 0.0716. The van der Waals surface area contributed by atoms with Crippen LogP contribution in [0.25, 0.3) is 10.9 Å². The third-order valence-electron chi connectivity index (χ3n) is 3.06. The summed E-state index contributed by atoms with van der Waals surface area (Å²) in [6.07, 6.45) is 1.66. The van der Waals surface area contributed by atoms with Crippen LogP contribution in [0.5, 0.6) is 0 Å². The van der Waals surface area contributed by atoms with Crippen LogP contribution in [0.15, 0.2) is 36.5 Å². The number of fused-ring (bicyclic) bond motifs is 1. The van der Waals surface area contributed by atoms with Crippen molar-refractivity contribution in [1.82, 2.24) is 9.88 Å². The van der Waals surface area contributed by atoms with Gasteiger partial charge in [-0.15, -0.1) is 0 Å². The first-order valence-electron chi connectivity index (χ1n) is 6.29. The number of aromatic nitrogens is 1. The van der Waals surface area contributed by atoms with Gasteiger partial charge in [0.25, 0.3) is 5.91 Å². The van der Waals surface area contributed by atoms with Crippen LogP contribution in [-0.4, -0.2) is 28.4 Å². The molecule has 2 aromatic rings. The van der Waals surface area contributed by atoms with Crippen LogP contribution in [-0.2, 0) is 0 Å². The molecule has 0 aliphatic carbocycles. The molecular formula is C15H18N2O. The first-order valence-corrected chi connectivity index (χ1v) is 6.29. The highest BCUT2D eigenvalue weighted by atomic mass is 16.2. The molecule has 0 saturated carbocycles. The van der Waals surface area contributed by atoms with Gasteiger partial charge in [0.15, 0.2) is 0 Å². The summed E-state index contributed by atoms with van der Waals surface area (Å²) in [5.41, 5.74) is 1.57. The van der Waals surface area contributed by atoms with E-state index in [1.807, 2.05) is 56.0 Å². The predicted octanol–water partition coefficient (Wildman–Crippen LogP) is 3.11. The van der Waals surface area contributed by atoms with E-state index in [9.17, 15) is 4.79 Å². The summed E-state index contributed by atoms with van der Waals surface area (Å²) < 4.78 is 0. The van der Waals surface area contributed by atoms with Gasteiger partial charge in [-0.1, -0.05) is 18.2 Å². The Bertz CT molecular complexity index is 563. The van der Waals surface area contributed by atoms with Crippen molar-refractivity contribution < 1.29 is 4.79 Å². The number of hydrogen-bond donors (Lipinski definition) is 0. The number of pyridine rings is 1. The van der Waals surface area contributed by atoms with Gasteiger partial charge in [-0.25, -0.2) is 0 Å². The number of para-hydroxylation sites is 1. The quantitative estimate of drug-likeness (QED) is 0.828. The van der Waals surface area contributed by atoms with Crippen LogP contribution in [0.4, 0.5) is 0 Å². The topological polar surface area (TPSA) is 33.2 Å². The van der Waals surface area contributed by atoms with Crippen molar-refractivity contribution in [3.8, 4) is 0 Å². The maximum atomic E-state index is 12.3. The highest BCUT2D eigenvalue weighted by Crippen LogP contribution is 2.15. The average Bonchev–Trinajstić information content (AvgIpc) is 2.38. The van der Waals surface area contributed by atoms with Gasteiger partial charge in [0.2, 0.25) is 0 Å². The molecule has 3 nitrogen and oxygen atoms in total. The van der Waals surface area contributed by atoms with Crippen LogP contribution in [0.3, 0.4) is 0 Å². The lowest BCUT2D eigenvalue weighted by Crippen LogP contribution is -2.36. The van der Waals surface area contributed by atoms with E-state index in [1.165, 1.54) is 0 Å². The number of amides is 1. The second-order valence-corrected chi connectivity index (χ2v) is 4.60. The molecule has 18 heavy (non-hydrogen) atoms. The number of rotatable bonds is 3. The third-order valence-corrected chi connectivity index (χ3v) is 3.06. The Hall–Kier alpha value is -1.90. The fourth-order valence-corrected chi connectivity index (χ4v) is 2.10. The van der Waals surface area contributed by atoms with Gasteiger partial charge in [-0.05, 0) is 32.9 Å². The van der Waals surface area contributed by atoms with Crippen molar-refractivity contribution >= 4 is 16.8 Å². The molecule has 2 rings (SSSR count). The molecule has 0 N–H and O–H groups in total. The number of nitrogens with zero attached hydrogens (tertiary/aromatic N) is 2. The van der Waals surface area contributed by atoms with Crippen molar-refractivity contribution in [2.45, 2.75) is 26.8 Å². The second kappa shape index (κ2) is 5.17. The molecule has 0 spiro atoms. The van der Waals surface area contributed by atoms with Gasteiger partial charge in [-0.2, -0.15) is 0 Å². The molecule has 0 radical (unpaired) electrons. The van der Waals surface area contributed by atoms with E-state index in [1.54, 1.807) is 6.20 Å². The fourth-order valence-electron chi connectivity index (χ4n) is 2.10. The molecule has 1 amide bonds. The van der Waals surface area contributed by atoms with Gasteiger partial charge in [0, 0.05) is 24.2 Å². The zero-order valence-electron chi connectivity index (χ0n) is 11.1. The lowest BCUT2D eigenvalue weighted by Gasteiger charge is -2.25. The summed E-state index contributed by atoms with van der Waals surface area (Å²) in [6.45, 7) is 6.75. The fraction of sp³-hybridized carbons (Fsp3) is 0.333. The molecule has 1 aromatic heterocycles. The van der Waals surface area contributed by atoms with E-state index in [0.29, 0.717) is 12.1 Å².